The number of aliphatic hydroxyl groups excluding tert-OH is 1. The molecule has 0 aliphatic carbocycles. The van der Waals surface area contributed by atoms with E-state index in [0.717, 1.165) is 12.1 Å². The fourth-order valence-corrected chi connectivity index (χ4v) is 2.41. The number of nitrogens with one attached hydrogen (secondary N) is 1. The van der Waals surface area contributed by atoms with Crippen molar-refractivity contribution in [2.75, 3.05) is 6.61 Å². The Kier molecular flexibility index (Phi) is 6.30. The van der Waals surface area contributed by atoms with Gasteiger partial charge in [0.25, 0.3) is 0 Å². The highest BCUT2D eigenvalue weighted by molar-refractivity contribution is 5.60. The zero-order valence-corrected chi connectivity index (χ0v) is 14.2. The van der Waals surface area contributed by atoms with Crippen LogP contribution in [-0.4, -0.2) is 22.7 Å². The molecule has 26 heavy (non-hydrogen) atoms. The first-order valence-electron chi connectivity index (χ1n) is 8.00. The zero-order chi connectivity index (χ0) is 19.5. The van der Waals surface area contributed by atoms with Crippen molar-refractivity contribution >= 4 is 0 Å². The smallest absolute Gasteiger partial charge is 0.395 e. The van der Waals surface area contributed by atoms with Gasteiger partial charge in [0, 0.05) is 18.2 Å². The summed E-state index contributed by atoms with van der Waals surface area (Å²) in [6.07, 6.45) is -4.84. The van der Waals surface area contributed by atoms with Crippen LogP contribution in [-0.2, 0) is 12.7 Å². The third kappa shape index (κ3) is 4.76. The van der Waals surface area contributed by atoms with Crippen LogP contribution in [0.4, 0.5) is 22.0 Å². The molecule has 0 spiro atoms. The second-order valence-electron chi connectivity index (χ2n) is 6.23. The normalized spacial score (nSPS) is 13.3. The number of rotatable bonds is 6. The summed E-state index contributed by atoms with van der Waals surface area (Å²) in [5.41, 5.74) is -1.28. The van der Waals surface area contributed by atoms with E-state index in [1.54, 1.807) is 0 Å². The number of hydrogen-bond donors (Lipinski definition) is 2. The van der Waals surface area contributed by atoms with Crippen molar-refractivity contribution in [2.45, 2.75) is 32.6 Å². The Hall–Kier alpha value is -2.06. The Labute approximate surface area is 147 Å². The van der Waals surface area contributed by atoms with Gasteiger partial charge in [-0.05, 0) is 36.2 Å². The second kappa shape index (κ2) is 8.09. The van der Waals surface area contributed by atoms with Crippen molar-refractivity contribution in [3.63, 3.8) is 0 Å². The van der Waals surface area contributed by atoms with Crippen LogP contribution < -0.4 is 5.32 Å². The first-order valence-corrected chi connectivity index (χ1v) is 8.00. The molecule has 2 aromatic rings. The van der Waals surface area contributed by atoms with Crippen molar-refractivity contribution in [1.29, 1.82) is 0 Å². The summed E-state index contributed by atoms with van der Waals surface area (Å²) in [4.78, 5) is 4.05. The molecule has 1 atom stereocenters. The van der Waals surface area contributed by atoms with Gasteiger partial charge in [-0.15, -0.1) is 0 Å². The summed E-state index contributed by atoms with van der Waals surface area (Å²) >= 11 is 0. The summed E-state index contributed by atoms with van der Waals surface area (Å²) in [5, 5.41) is 12.2. The molecule has 0 bridgehead atoms. The number of pyridine rings is 1. The molecule has 0 fully saturated rings. The van der Waals surface area contributed by atoms with Gasteiger partial charge in [-0.1, -0.05) is 13.8 Å². The molecule has 0 aliphatic heterocycles. The number of hydrogen-bond acceptors (Lipinski definition) is 3. The maximum absolute atomic E-state index is 14.0. The van der Waals surface area contributed by atoms with E-state index in [1.807, 2.05) is 13.8 Å². The second-order valence-corrected chi connectivity index (χ2v) is 6.23. The topological polar surface area (TPSA) is 45.1 Å². The van der Waals surface area contributed by atoms with Gasteiger partial charge in [0.15, 0.2) is 0 Å². The molecule has 1 aromatic heterocycles. The van der Waals surface area contributed by atoms with Crippen molar-refractivity contribution in [1.82, 2.24) is 10.3 Å². The third-order valence-corrected chi connectivity index (χ3v) is 4.02. The molecule has 0 aliphatic rings. The Morgan fingerprint density at radius 2 is 1.73 bits per heavy atom. The lowest BCUT2D eigenvalue weighted by atomic mass is 10.0. The van der Waals surface area contributed by atoms with E-state index in [4.69, 9.17) is 0 Å². The molecule has 0 unspecified atom stereocenters. The minimum atomic E-state index is -4.84. The molecule has 2 rings (SSSR count). The van der Waals surface area contributed by atoms with E-state index in [0.29, 0.717) is 12.1 Å². The minimum absolute atomic E-state index is 0.000478. The molecule has 8 heteroatoms. The number of aromatic nitrogens is 1. The number of benzene rings is 1. The van der Waals surface area contributed by atoms with Gasteiger partial charge >= 0.3 is 6.18 Å². The van der Waals surface area contributed by atoms with Crippen LogP contribution in [0.3, 0.4) is 0 Å². The van der Waals surface area contributed by atoms with Crippen molar-refractivity contribution in [2.24, 2.45) is 5.92 Å². The average molecular weight is 374 g/mol. The van der Waals surface area contributed by atoms with Crippen LogP contribution in [0.2, 0.25) is 0 Å². The quantitative estimate of drug-likeness (QED) is 0.747. The Balaban J connectivity index is 2.32. The molecule has 0 radical (unpaired) electrons. The van der Waals surface area contributed by atoms with Crippen molar-refractivity contribution in [3.05, 3.63) is 53.2 Å². The van der Waals surface area contributed by atoms with E-state index in [9.17, 15) is 27.1 Å². The highest BCUT2D eigenvalue weighted by Crippen LogP contribution is 2.34. The van der Waals surface area contributed by atoms with Gasteiger partial charge in [-0.2, -0.15) is 13.2 Å². The number of halogens is 5. The molecule has 142 valence electrons. The van der Waals surface area contributed by atoms with Gasteiger partial charge in [0.2, 0.25) is 0 Å². The van der Waals surface area contributed by atoms with Crippen LogP contribution >= 0.6 is 0 Å². The molecule has 1 aromatic carbocycles. The molecular formula is C18H19F5N2O. The molecular weight excluding hydrogens is 355 g/mol. The predicted octanol–water partition coefficient (Wildman–Crippen LogP) is 4.15. The SMILES string of the molecule is CC(C)[C@H](CO)NCc1nc(-c2ccc(F)c(C(F)(F)F)c2)ccc1F. The van der Waals surface area contributed by atoms with E-state index in [-0.39, 0.29) is 42.1 Å². The molecule has 0 saturated carbocycles. The standard InChI is InChI=1S/C18H19F5N2O/c1-10(2)17(9-26)24-8-16-14(20)5-6-15(25-16)11-3-4-13(19)12(7-11)18(21,22)23/h3-7,10,17,24,26H,8-9H2,1-2H3/t17-/m0/s1. The highest BCUT2D eigenvalue weighted by atomic mass is 19.4. The molecule has 2 N–H and O–H groups in total. The Morgan fingerprint density at radius 1 is 1.08 bits per heavy atom. The summed E-state index contributed by atoms with van der Waals surface area (Å²) in [6.45, 7) is 3.61. The summed E-state index contributed by atoms with van der Waals surface area (Å²) in [6, 6.07) is 4.57. The number of alkyl halides is 3. The maximum atomic E-state index is 14.0. The maximum Gasteiger partial charge on any atom is 0.419 e. The van der Waals surface area contributed by atoms with Gasteiger partial charge < -0.3 is 10.4 Å². The van der Waals surface area contributed by atoms with Crippen molar-refractivity contribution < 1.29 is 27.1 Å². The average Bonchev–Trinajstić information content (AvgIpc) is 2.56. The van der Waals surface area contributed by atoms with Crippen LogP contribution in [0.15, 0.2) is 30.3 Å². The molecule has 0 amide bonds. The van der Waals surface area contributed by atoms with Gasteiger partial charge in [-0.3, -0.25) is 0 Å². The first kappa shape index (κ1) is 20.3. The number of nitrogens with zero attached hydrogens (tertiary/aromatic N) is 1. The number of aliphatic hydroxyl groups is 1. The Morgan fingerprint density at radius 3 is 2.31 bits per heavy atom. The monoisotopic (exact) mass is 374 g/mol. The fraction of sp³-hybridized carbons (Fsp3) is 0.389. The van der Waals surface area contributed by atoms with E-state index < -0.39 is 23.4 Å². The first-order chi connectivity index (χ1) is 12.1. The van der Waals surface area contributed by atoms with Gasteiger partial charge in [-0.25, -0.2) is 13.8 Å². The molecule has 3 nitrogen and oxygen atoms in total. The molecule has 1 heterocycles. The molecule has 0 saturated heterocycles. The Bertz CT molecular complexity index is 762. The fourth-order valence-electron chi connectivity index (χ4n) is 2.41. The van der Waals surface area contributed by atoms with Crippen molar-refractivity contribution in [3.8, 4) is 11.3 Å². The van der Waals surface area contributed by atoms with E-state index in [2.05, 4.69) is 10.3 Å². The van der Waals surface area contributed by atoms with Gasteiger partial charge in [0.05, 0.1) is 23.6 Å². The third-order valence-electron chi connectivity index (χ3n) is 4.02. The lowest BCUT2D eigenvalue weighted by Crippen LogP contribution is -2.36. The summed E-state index contributed by atoms with van der Waals surface area (Å²) < 4.78 is 66.0. The lowest BCUT2D eigenvalue weighted by Gasteiger charge is -2.20. The summed E-state index contributed by atoms with van der Waals surface area (Å²) in [5.74, 6) is -1.91. The van der Waals surface area contributed by atoms with Gasteiger partial charge in [0.1, 0.15) is 11.6 Å². The van der Waals surface area contributed by atoms with Crippen LogP contribution in [0.5, 0.6) is 0 Å². The van der Waals surface area contributed by atoms with Crippen LogP contribution in [0, 0.1) is 17.6 Å². The minimum Gasteiger partial charge on any atom is -0.395 e. The zero-order valence-electron chi connectivity index (χ0n) is 14.2. The summed E-state index contributed by atoms with van der Waals surface area (Å²) in [7, 11) is 0. The van der Waals surface area contributed by atoms with Crippen LogP contribution in [0.25, 0.3) is 11.3 Å². The van der Waals surface area contributed by atoms with Crippen LogP contribution in [0.1, 0.15) is 25.1 Å². The largest absolute Gasteiger partial charge is 0.419 e. The van der Waals surface area contributed by atoms with E-state index in [1.165, 1.54) is 6.07 Å². The van der Waals surface area contributed by atoms with E-state index >= 15 is 0 Å². The highest BCUT2D eigenvalue weighted by Gasteiger charge is 2.34. The lowest BCUT2D eigenvalue weighted by molar-refractivity contribution is -0.139. The predicted molar refractivity (Wildman–Crippen MR) is 87.1 cm³/mol.